The Hall–Kier alpha value is -3.21. The molecular weight excluding hydrogens is 338 g/mol. The lowest BCUT2D eigenvalue weighted by atomic mass is 10.1. The van der Waals surface area contributed by atoms with E-state index in [0.717, 1.165) is 23.2 Å². The van der Waals surface area contributed by atoms with Crippen LogP contribution in [0.15, 0.2) is 71.5 Å². The molecule has 5 heteroatoms. The van der Waals surface area contributed by atoms with Crippen LogP contribution in [0.2, 0.25) is 0 Å². The van der Waals surface area contributed by atoms with Gasteiger partial charge in [0.2, 0.25) is 0 Å². The van der Waals surface area contributed by atoms with Gasteiger partial charge in [-0.15, -0.1) is 0 Å². The molecule has 3 aromatic rings. The molecule has 0 N–H and O–H groups in total. The number of para-hydroxylation sites is 1. The Morgan fingerprint density at radius 2 is 1.74 bits per heavy atom. The van der Waals surface area contributed by atoms with Crippen molar-refractivity contribution >= 4 is 11.6 Å². The number of anilines is 1. The zero-order valence-electron chi connectivity index (χ0n) is 15.4. The lowest BCUT2D eigenvalue weighted by Gasteiger charge is -2.26. The van der Waals surface area contributed by atoms with Gasteiger partial charge in [0.25, 0.3) is 11.5 Å². The highest BCUT2D eigenvalue weighted by atomic mass is 16.2. The van der Waals surface area contributed by atoms with E-state index in [9.17, 15) is 9.59 Å². The van der Waals surface area contributed by atoms with E-state index in [0.29, 0.717) is 5.69 Å². The van der Waals surface area contributed by atoms with E-state index in [-0.39, 0.29) is 17.5 Å². The molecule has 27 heavy (non-hydrogen) atoms. The van der Waals surface area contributed by atoms with E-state index in [1.165, 1.54) is 10.7 Å². The molecule has 136 valence electrons. The second-order valence-corrected chi connectivity index (χ2v) is 6.93. The van der Waals surface area contributed by atoms with Crippen molar-refractivity contribution < 1.29 is 4.79 Å². The fourth-order valence-electron chi connectivity index (χ4n) is 3.67. The van der Waals surface area contributed by atoms with Crippen LogP contribution in [0, 0.1) is 0 Å². The highest BCUT2D eigenvalue weighted by Gasteiger charge is 2.34. The Morgan fingerprint density at radius 3 is 2.52 bits per heavy atom. The van der Waals surface area contributed by atoms with Crippen LogP contribution < -0.4 is 10.5 Å². The third-order valence-electron chi connectivity index (χ3n) is 5.06. The second kappa shape index (κ2) is 6.83. The average Bonchev–Trinajstić information content (AvgIpc) is 3.03. The summed E-state index contributed by atoms with van der Waals surface area (Å²) in [5.74, 6) is -0.118. The first-order valence-electron chi connectivity index (χ1n) is 9.12. The summed E-state index contributed by atoms with van der Waals surface area (Å²) in [5.41, 5.74) is 3.38. The summed E-state index contributed by atoms with van der Waals surface area (Å²) in [6.45, 7) is 3.76. The molecule has 1 aromatic heterocycles. The van der Waals surface area contributed by atoms with Crippen LogP contribution >= 0.6 is 0 Å². The molecule has 0 unspecified atom stereocenters. The fourth-order valence-corrected chi connectivity index (χ4v) is 3.67. The molecule has 2 heterocycles. The lowest BCUT2D eigenvalue weighted by molar-refractivity contribution is -0.121. The number of hydrogen-bond acceptors (Lipinski definition) is 3. The normalized spacial score (nSPS) is 16.8. The maximum absolute atomic E-state index is 13.2. The Balaban J connectivity index is 1.70. The van der Waals surface area contributed by atoms with Crippen LogP contribution in [0.25, 0.3) is 11.3 Å². The van der Waals surface area contributed by atoms with Gasteiger partial charge in [-0.2, -0.15) is 5.10 Å². The number of rotatable bonds is 3. The van der Waals surface area contributed by atoms with Crippen molar-refractivity contribution in [1.29, 1.82) is 0 Å². The summed E-state index contributed by atoms with van der Waals surface area (Å²) in [5, 5.41) is 4.47. The van der Waals surface area contributed by atoms with Gasteiger partial charge in [0.15, 0.2) is 0 Å². The van der Waals surface area contributed by atoms with Gasteiger partial charge in [-0.05, 0) is 38.0 Å². The number of hydrogen-bond donors (Lipinski definition) is 0. The second-order valence-electron chi connectivity index (χ2n) is 6.93. The van der Waals surface area contributed by atoms with Crippen molar-refractivity contribution in [3.05, 3.63) is 82.6 Å². The summed E-state index contributed by atoms with van der Waals surface area (Å²) < 4.78 is 1.29. The van der Waals surface area contributed by atoms with Gasteiger partial charge in [0, 0.05) is 23.4 Å². The van der Waals surface area contributed by atoms with Crippen molar-refractivity contribution in [2.75, 3.05) is 4.90 Å². The topological polar surface area (TPSA) is 55.2 Å². The molecule has 2 atom stereocenters. The van der Waals surface area contributed by atoms with Crippen LogP contribution in [-0.2, 0) is 11.2 Å². The molecule has 1 aliphatic heterocycles. The third kappa shape index (κ3) is 3.05. The van der Waals surface area contributed by atoms with Gasteiger partial charge < -0.3 is 4.90 Å². The van der Waals surface area contributed by atoms with Crippen molar-refractivity contribution in [3.63, 3.8) is 0 Å². The zero-order valence-corrected chi connectivity index (χ0v) is 15.4. The van der Waals surface area contributed by atoms with E-state index >= 15 is 0 Å². The molecular formula is C22H21N3O2. The largest absolute Gasteiger partial charge is 0.307 e. The van der Waals surface area contributed by atoms with Crippen LogP contribution in [0.1, 0.15) is 25.5 Å². The molecule has 0 saturated heterocycles. The standard InChI is InChI=1S/C22H21N3O2/c1-15-14-18-10-6-7-11-20(18)24(15)22(27)16(2)25-21(26)13-12-19(23-25)17-8-4-3-5-9-17/h3-13,15-16H,14H2,1-2H3/t15-,16-/m1/s1. The molecule has 0 fully saturated rings. The summed E-state index contributed by atoms with van der Waals surface area (Å²) >= 11 is 0. The van der Waals surface area contributed by atoms with Gasteiger partial charge in [0.05, 0.1) is 5.69 Å². The first-order valence-corrected chi connectivity index (χ1v) is 9.12. The van der Waals surface area contributed by atoms with E-state index in [4.69, 9.17) is 0 Å². The number of fused-ring (bicyclic) bond motifs is 1. The van der Waals surface area contributed by atoms with E-state index in [2.05, 4.69) is 5.10 Å². The molecule has 1 amide bonds. The molecule has 0 aliphatic carbocycles. The van der Waals surface area contributed by atoms with E-state index in [1.807, 2.05) is 61.5 Å². The van der Waals surface area contributed by atoms with Crippen LogP contribution in [0.5, 0.6) is 0 Å². The molecule has 2 aromatic carbocycles. The maximum Gasteiger partial charge on any atom is 0.267 e. The van der Waals surface area contributed by atoms with Crippen molar-refractivity contribution in [3.8, 4) is 11.3 Å². The van der Waals surface area contributed by atoms with Gasteiger partial charge in [-0.3, -0.25) is 9.59 Å². The summed E-state index contributed by atoms with van der Waals surface area (Å²) in [6.07, 6.45) is 0.820. The van der Waals surface area contributed by atoms with Gasteiger partial charge in [0.1, 0.15) is 6.04 Å². The lowest BCUT2D eigenvalue weighted by Crippen LogP contribution is -2.42. The Kier molecular flexibility index (Phi) is 4.36. The summed E-state index contributed by atoms with van der Waals surface area (Å²) in [6, 6.07) is 20.1. The highest BCUT2D eigenvalue weighted by Crippen LogP contribution is 2.33. The number of benzene rings is 2. The van der Waals surface area contributed by atoms with Crippen LogP contribution in [-0.4, -0.2) is 21.7 Å². The minimum absolute atomic E-state index is 0.0605. The third-order valence-corrected chi connectivity index (χ3v) is 5.06. The van der Waals surface area contributed by atoms with Gasteiger partial charge >= 0.3 is 0 Å². The molecule has 0 radical (unpaired) electrons. The summed E-state index contributed by atoms with van der Waals surface area (Å²) in [4.78, 5) is 27.5. The minimum atomic E-state index is -0.685. The Labute approximate surface area is 157 Å². The predicted octanol–water partition coefficient (Wildman–Crippen LogP) is 3.45. The van der Waals surface area contributed by atoms with E-state index in [1.54, 1.807) is 17.9 Å². The SMILES string of the molecule is C[C@@H]1Cc2ccccc2N1C(=O)[C@@H](C)n1nc(-c2ccccc2)ccc1=O. The minimum Gasteiger partial charge on any atom is -0.307 e. The summed E-state index contributed by atoms with van der Waals surface area (Å²) in [7, 11) is 0. The molecule has 4 rings (SSSR count). The molecule has 0 spiro atoms. The van der Waals surface area contributed by atoms with E-state index < -0.39 is 6.04 Å². The monoisotopic (exact) mass is 359 g/mol. The van der Waals surface area contributed by atoms with Crippen LogP contribution in [0.4, 0.5) is 5.69 Å². The smallest absolute Gasteiger partial charge is 0.267 e. The van der Waals surface area contributed by atoms with Crippen molar-refractivity contribution in [2.45, 2.75) is 32.4 Å². The Morgan fingerprint density at radius 1 is 1.04 bits per heavy atom. The fraction of sp³-hybridized carbons (Fsp3) is 0.227. The highest BCUT2D eigenvalue weighted by molar-refractivity contribution is 5.98. The quantitative estimate of drug-likeness (QED) is 0.720. The molecule has 0 bridgehead atoms. The van der Waals surface area contributed by atoms with Crippen molar-refractivity contribution in [1.82, 2.24) is 9.78 Å². The number of amides is 1. The first kappa shape index (κ1) is 17.2. The van der Waals surface area contributed by atoms with Crippen molar-refractivity contribution in [2.24, 2.45) is 0 Å². The zero-order chi connectivity index (χ0) is 19.0. The first-order chi connectivity index (χ1) is 13.1. The number of carbonyl (C=O) groups is 1. The number of carbonyl (C=O) groups excluding carboxylic acids is 1. The van der Waals surface area contributed by atoms with Gasteiger partial charge in [-0.25, -0.2) is 4.68 Å². The maximum atomic E-state index is 13.2. The average molecular weight is 359 g/mol. The molecule has 1 aliphatic rings. The predicted molar refractivity (Wildman–Crippen MR) is 106 cm³/mol. The van der Waals surface area contributed by atoms with Gasteiger partial charge in [-0.1, -0.05) is 48.5 Å². The number of aromatic nitrogens is 2. The van der Waals surface area contributed by atoms with Crippen LogP contribution in [0.3, 0.4) is 0 Å². The molecule has 0 saturated carbocycles. The Bertz CT molecular complexity index is 1040. The number of nitrogens with zero attached hydrogens (tertiary/aromatic N) is 3. The molecule has 5 nitrogen and oxygen atoms in total.